The lowest BCUT2D eigenvalue weighted by Crippen LogP contribution is -2.03. The van der Waals surface area contributed by atoms with E-state index in [0.717, 1.165) is 12.0 Å². The van der Waals surface area contributed by atoms with Crippen LogP contribution in [-0.2, 0) is 6.42 Å². The Bertz CT molecular complexity index is 675. The number of hydrogen-bond acceptors (Lipinski definition) is 2. The Morgan fingerprint density at radius 2 is 2.10 bits per heavy atom. The molecule has 0 saturated carbocycles. The van der Waals surface area contributed by atoms with E-state index in [9.17, 15) is 9.50 Å². The molecule has 1 N–H and O–H groups in total. The Kier molecular flexibility index (Phi) is 3.71. The highest BCUT2D eigenvalue weighted by molar-refractivity contribution is 9.10. The Hall–Kier alpha value is -1.10. The zero-order valence-electron chi connectivity index (χ0n) is 10.4. The Morgan fingerprint density at radius 3 is 2.85 bits per heavy atom. The van der Waals surface area contributed by atoms with Crippen molar-refractivity contribution in [2.45, 2.75) is 12.5 Å². The van der Waals surface area contributed by atoms with Crippen LogP contribution >= 0.6 is 27.5 Å². The standard InChI is InChI=1S/C15H11BrClFO2/c16-12-2-1-8(6-13(12)18)14(19)11-7-10(17)5-9-3-4-20-15(9)11/h1-2,5-7,14,19H,3-4H2. The molecule has 2 aromatic carbocycles. The van der Waals surface area contributed by atoms with Crippen molar-refractivity contribution in [3.63, 3.8) is 0 Å². The molecule has 0 spiro atoms. The quantitative estimate of drug-likeness (QED) is 0.870. The van der Waals surface area contributed by atoms with Gasteiger partial charge >= 0.3 is 0 Å². The van der Waals surface area contributed by atoms with Crippen molar-refractivity contribution in [2.24, 2.45) is 0 Å². The smallest absolute Gasteiger partial charge is 0.137 e. The predicted molar refractivity (Wildman–Crippen MR) is 78.8 cm³/mol. The van der Waals surface area contributed by atoms with E-state index in [2.05, 4.69) is 15.9 Å². The summed E-state index contributed by atoms with van der Waals surface area (Å²) in [7, 11) is 0. The SMILES string of the molecule is OC(c1ccc(Br)c(F)c1)c1cc(Cl)cc2c1OCC2. The molecular weight excluding hydrogens is 347 g/mol. The molecule has 104 valence electrons. The normalized spacial score (nSPS) is 14.8. The van der Waals surface area contributed by atoms with Crippen molar-refractivity contribution in [1.29, 1.82) is 0 Å². The van der Waals surface area contributed by atoms with Gasteiger partial charge in [0.25, 0.3) is 0 Å². The van der Waals surface area contributed by atoms with E-state index in [-0.39, 0.29) is 0 Å². The Morgan fingerprint density at radius 1 is 1.30 bits per heavy atom. The minimum absolute atomic E-state index is 0.362. The van der Waals surface area contributed by atoms with Gasteiger partial charge in [-0.1, -0.05) is 17.7 Å². The Balaban J connectivity index is 2.06. The monoisotopic (exact) mass is 356 g/mol. The summed E-state index contributed by atoms with van der Waals surface area (Å²) in [4.78, 5) is 0. The third-order valence-corrected chi connectivity index (χ3v) is 4.19. The summed E-state index contributed by atoms with van der Waals surface area (Å²) in [6.07, 6.45) is -0.201. The first-order valence-electron chi connectivity index (χ1n) is 6.14. The lowest BCUT2D eigenvalue weighted by molar-refractivity contribution is 0.213. The molecule has 1 aliphatic heterocycles. The van der Waals surface area contributed by atoms with Crippen molar-refractivity contribution in [3.8, 4) is 5.75 Å². The van der Waals surface area contributed by atoms with Gasteiger partial charge in [0.05, 0.1) is 11.1 Å². The summed E-state index contributed by atoms with van der Waals surface area (Å²) < 4.78 is 19.5. The van der Waals surface area contributed by atoms with Crippen molar-refractivity contribution in [2.75, 3.05) is 6.61 Å². The first kappa shape index (κ1) is 13.9. The van der Waals surface area contributed by atoms with Gasteiger partial charge in [-0.05, 0) is 51.3 Å². The number of aliphatic hydroxyl groups excluding tert-OH is 1. The fraction of sp³-hybridized carbons (Fsp3) is 0.200. The second kappa shape index (κ2) is 5.35. The molecule has 3 rings (SSSR count). The Labute approximate surface area is 129 Å². The zero-order chi connectivity index (χ0) is 14.3. The van der Waals surface area contributed by atoms with Crippen LogP contribution in [0.25, 0.3) is 0 Å². The van der Waals surface area contributed by atoms with E-state index in [0.29, 0.717) is 33.0 Å². The summed E-state index contributed by atoms with van der Waals surface area (Å²) in [6, 6.07) is 8.04. The molecule has 1 unspecified atom stereocenters. The van der Waals surface area contributed by atoms with Gasteiger partial charge in [0, 0.05) is 17.0 Å². The molecular formula is C15H11BrClFO2. The van der Waals surface area contributed by atoms with Crippen molar-refractivity contribution in [3.05, 3.63) is 62.3 Å². The highest BCUT2D eigenvalue weighted by Gasteiger charge is 2.23. The number of ether oxygens (including phenoxy) is 1. The molecule has 2 nitrogen and oxygen atoms in total. The van der Waals surface area contributed by atoms with Crippen LogP contribution in [0.1, 0.15) is 22.8 Å². The average molecular weight is 358 g/mol. The summed E-state index contributed by atoms with van der Waals surface area (Å²) >= 11 is 9.16. The first-order chi connectivity index (χ1) is 9.56. The molecule has 0 radical (unpaired) electrons. The summed E-state index contributed by atoms with van der Waals surface area (Å²) in [5, 5.41) is 11.0. The van der Waals surface area contributed by atoms with Crippen LogP contribution in [-0.4, -0.2) is 11.7 Å². The maximum absolute atomic E-state index is 13.6. The van der Waals surface area contributed by atoms with Crippen LogP contribution in [0.15, 0.2) is 34.8 Å². The highest BCUT2D eigenvalue weighted by Crippen LogP contribution is 2.38. The van der Waals surface area contributed by atoms with Gasteiger partial charge in [-0.25, -0.2) is 4.39 Å². The van der Waals surface area contributed by atoms with Crippen LogP contribution in [0.3, 0.4) is 0 Å². The van der Waals surface area contributed by atoms with Crippen molar-refractivity contribution in [1.82, 2.24) is 0 Å². The molecule has 2 aromatic rings. The van der Waals surface area contributed by atoms with Gasteiger partial charge in [0.2, 0.25) is 0 Å². The van der Waals surface area contributed by atoms with Gasteiger partial charge in [0.15, 0.2) is 0 Å². The van der Waals surface area contributed by atoms with Crippen molar-refractivity contribution >= 4 is 27.5 Å². The van der Waals surface area contributed by atoms with Crippen LogP contribution in [0.2, 0.25) is 5.02 Å². The molecule has 20 heavy (non-hydrogen) atoms. The second-order valence-electron chi connectivity index (χ2n) is 4.66. The summed E-state index contributed by atoms with van der Waals surface area (Å²) in [6.45, 7) is 0.574. The molecule has 0 bridgehead atoms. The fourth-order valence-electron chi connectivity index (χ4n) is 2.36. The minimum Gasteiger partial charge on any atom is -0.493 e. The number of fused-ring (bicyclic) bond motifs is 1. The zero-order valence-corrected chi connectivity index (χ0v) is 12.7. The van der Waals surface area contributed by atoms with E-state index in [1.54, 1.807) is 18.2 Å². The highest BCUT2D eigenvalue weighted by atomic mass is 79.9. The maximum atomic E-state index is 13.6. The van der Waals surface area contributed by atoms with Gasteiger partial charge in [-0.3, -0.25) is 0 Å². The van der Waals surface area contributed by atoms with Crippen LogP contribution in [0.5, 0.6) is 5.75 Å². The van der Waals surface area contributed by atoms with Crippen molar-refractivity contribution < 1.29 is 14.2 Å². The third kappa shape index (κ3) is 2.43. The number of hydrogen-bond donors (Lipinski definition) is 1. The summed E-state index contributed by atoms with van der Waals surface area (Å²) in [5.41, 5.74) is 2.02. The minimum atomic E-state index is -0.969. The van der Waals surface area contributed by atoms with Gasteiger partial charge < -0.3 is 9.84 Å². The van der Waals surface area contributed by atoms with E-state index >= 15 is 0 Å². The molecule has 0 aliphatic carbocycles. The first-order valence-corrected chi connectivity index (χ1v) is 7.31. The lowest BCUT2D eigenvalue weighted by Gasteiger charge is -2.16. The predicted octanol–water partition coefficient (Wildman–Crippen LogP) is 4.26. The van der Waals surface area contributed by atoms with Crippen LogP contribution in [0, 0.1) is 5.82 Å². The van der Waals surface area contributed by atoms with Gasteiger partial charge in [-0.15, -0.1) is 0 Å². The van der Waals surface area contributed by atoms with E-state index in [1.807, 2.05) is 6.07 Å². The molecule has 0 fully saturated rings. The number of rotatable bonds is 2. The molecule has 5 heteroatoms. The average Bonchev–Trinajstić information content (AvgIpc) is 2.88. The molecule has 0 aromatic heterocycles. The number of benzene rings is 2. The maximum Gasteiger partial charge on any atom is 0.137 e. The molecule has 1 aliphatic rings. The molecule has 0 amide bonds. The largest absolute Gasteiger partial charge is 0.493 e. The van der Waals surface area contributed by atoms with Crippen LogP contribution in [0.4, 0.5) is 4.39 Å². The molecule has 1 atom stereocenters. The fourth-order valence-corrected chi connectivity index (χ4v) is 2.86. The molecule has 1 heterocycles. The van der Waals surface area contributed by atoms with Gasteiger partial charge in [-0.2, -0.15) is 0 Å². The topological polar surface area (TPSA) is 29.5 Å². The van der Waals surface area contributed by atoms with E-state index in [1.165, 1.54) is 6.07 Å². The van der Waals surface area contributed by atoms with E-state index in [4.69, 9.17) is 16.3 Å². The van der Waals surface area contributed by atoms with E-state index < -0.39 is 11.9 Å². The number of halogens is 3. The third-order valence-electron chi connectivity index (χ3n) is 3.33. The summed E-state index contributed by atoms with van der Waals surface area (Å²) in [5.74, 6) is 0.242. The van der Waals surface area contributed by atoms with Crippen LogP contribution < -0.4 is 4.74 Å². The lowest BCUT2D eigenvalue weighted by atomic mass is 9.98. The number of aliphatic hydroxyl groups is 1. The second-order valence-corrected chi connectivity index (χ2v) is 5.95. The van der Waals surface area contributed by atoms with Gasteiger partial charge in [0.1, 0.15) is 17.7 Å². The molecule has 0 saturated heterocycles.